The van der Waals surface area contributed by atoms with Crippen LogP contribution >= 0.6 is 0 Å². The molecule has 0 unspecified atom stereocenters. The summed E-state index contributed by atoms with van der Waals surface area (Å²) in [6.07, 6.45) is 1.29. The number of aryl methyl sites for hydroxylation is 1. The molecule has 0 spiro atoms. The lowest BCUT2D eigenvalue weighted by Crippen LogP contribution is -2.17. The Morgan fingerprint density at radius 2 is 1.71 bits per heavy atom. The lowest BCUT2D eigenvalue weighted by molar-refractivity contribution is 0.102. The van der Waals surface area contributed by atoms with Crippen molar-refractivity contribution in [3.63, 3.8) is 0 Å². The van der Waals surface area contributed by atoms with E-state index in [0.29, 0.717) is 0 Å². The van der Waals surface area contributed by atoms with E-state index in [-0.39, 0.29) is 23.0 Å². The van der Waals surface area contributed by atoms with Crippen LogP contribution in [0.5, 0.6) is 0 Å². The Kier molecular flexibility index (Phi) is 3.79. The normalized spacial score (nSPS) is 10.5. The molecule has 0 aliphatic heterocycles. The molecule has 1 heterocycles. The first kappa shape index (κ1) is 14.8. The highest BCUT2D eigenvalue weighted by Gasteiger charge is 2.22. The number of benzene rings is 1. The van der Waals surface area contributed by atoms with E-state index in [4.69, 9.17) is 5.73 Å². The van der Waals surface area contributed by atoms with Gasteiger partial charge < -0.3 is 11.1 Å². The zero-order valence-electron chi connectivity index (χ0n) is 10.7. The van der Waals surface area contributed by atoms with E-state index in [1.165, 1.54) is 19.2 Å². The molecule has 2 rings (SSSR count). The first-order chi connectivity index (χ1) is 9.81. The van der Waals surface area contributed by atoms with Gasteiger partial charge >= 0.3 is 0 Å². The highest BCUT2D eigenvalue weighted by Crippen LogP contribution is 2.25. The average molecular weight is 299 g/mol. The predicted molar refractivity (Wildman–Crippen MR) is 67.6 cm³/mol. The van der Waals surface area contributed by atoms with Gasteiger partial charge in [-0.05, 0) is 13.0 Å². The van der Waals surface area contributed by atoms with Gasteiger partial charge in [0, 0.05) is 6.07 Å². The van der Waals surface area contributed by atoms with Crippen LogP contribution in [0.2, 0.25) is 0 Å². The van der Waals surface area contributed by atoms with Crippen LogP contribution in [-0.2, 0) is 0 Å². The second kappa shape index (κ2) is 5.39. The minimum absolute atomic E-state index is 0.0492. The molecule has 0 saturated heterocycles. The summed E-state index contributed by atoms with van der Waals surface area (Å²) < 4.78 is 53.0. The second-order valence-electron chi connectivity index (χ2n) is 4.20. The summed E-state index contributed by atoms with van der Waals surface area (Å²) in [7, 11) is 0. The van der Waals surface area contributed by atoms with Gasteiger partial charge in [-0.15, -0.1) is 0 Å². The molecule has 4 nitrogen and oxygen atoms in total. The standard InChI is InChI=1S/C13H9F4N3O/c1-5-7(2-6(18)4-19-5)13(21)20-12-10(16)8(14)3-9(15)11(12)17/h2-4H,18H2,1H3,(H,20,21). The molecular formula is C13H9F4N3O. The van der Waals surface area contributed by atoms with E-state index in [1.807, 2.05) is 0 Å². The zero-order chi connectivity index (χ0) is 15.7. The molecule has 0 aliphatic carbocycles. The number of nitrogens with two attached hydrogens (primary N) is 1. The van der Waals surface area contributed by atoms with Gasteiger partial charge in [0.2, 0.25) is 0 Å². The smallest absolute Gasteiger partial charge is 0.257 e. The maximum atomic E-state index is 13.5. The molecule has 8 heteroatoms. The fourth-order valence-corrected chi connectivity index (χ4v) is 1.64. The Morgan fingerprint density at radius 3 is 2.29 bits per heavy atom. The van der Waals surface area contributed by atoms with Crippen molar-refractivity contribution in [2.75, 3.05) is 11.1 Å². The number of nitrogens with zero attached hydrogens (tertiary/aromatic N) is 1. The minimum atomic E-state index is -1.70. The first-order valence-electron chi connectivity index (χ1n) is 5.67. The summed E-state index contributed by atoms with van der Waals surface area (Å²) in [5.74, 6) is -7.62. The van der Waals surface area contributed by atoms with Gasteiger partial charge in [0.1, 0.15) is 5.69 Å². The topological polar surface area (TPSA) is 68.0 Å². The van der Waals surface area contributed by atoms with Crippen molar-refractivity contribution in [1.82, 2.24) is 4.98 Å². The van der Waals surface area contributed by atoms with Crippen LogP contribution in [0.1, 0.15) is 16.1 Å². The molecule has 3 N–H and O–H groups in total. The Bertz CT molecular complexity index is 708. The predicted octanol–water partition coefficient (Wildman–Crippen LogP) is 2.78. The van der Waals surface area contributed by atoms with Crippen molar-refractivity contribution in [3.8, 4) is 0 Å². The van der Waals surface area contributed by atoms with Crippen LogP contribution in [0.4, 0.5) is 28.9 Å². The third-order valence-electron chi connectivity index (χ3n) is 2.70. The third-order valence-corrected chi connectivity index (χ3v) is 2.70. The molecule has 1 aromatic carbocycles. The Labute approximate surface area is 116 Å². The number of hydrogen-bond acceptors (Lipinski definition) is 3. The number of carbonyl (C=O) groups excluding carboxylic acids is 1. The first-order valence-corrected chi connectivity index (χ1v) is 5.67. The Balaban J connectivity index is 2.43. The van der Waals surface area contributed by atoms with Crippen molar-refractivity contribution < 1.29 is 22.4 Å². The van der Waals surface area contributed by atoms with Crippen molar-refractivity contribution in [3.05, 3.63) is 52.9 Å². The quantitative estimate of drug-likeness (QED) is 0.662. The van der Waals surface area contributed by atoms with Crippen LogP contribution in [0, 0.1) is 30.2 Å². The number of carbonyl (C=O) groups is 1. The van der Waals surface area contributed by atoms with Crippen molar-refractivity contribution >= 4 is 17.3 Å². The van der Waals surface area contributed by atoms with E-state index in [1.54, 1.807) is 5.32 Å². The molecule has 0 fully saturated rings. The number of rotatable bonds is 2. The molecule has 0 radical (unpaired) electrons. The number of aromatic nitrogens is 1. The van der Waals surface area contributed by atoms with Gasteiger partial charge in [-0.25, -0.2) is 17.6 Å². The van der Waals surface area contributed by atoms with E-state index in [9.17, 15) is 22.4 Å². The van der Waals surface area contributed by atoms with Gasteiger partial charge in [-0.1, -0.05) is 0 Å². The number of nitrogen functional groups attached to an aromatic ring is 1. The van der Waals surface area contributed by atoms with Crippen molar-refractivity contribution in [2.24, 2.45) is 0 Å². The van der Waals surface area contributed by atoms with E-state index in [0.717, 1.165) is 0 Å². The van der Waals surface area contributed by atoms with Crippen LogP contribution < -0.4 is 11.1 Å². The number of halogens is 4. The Hall–Kier alpha value is -2.64. The van der Waals surface area contributed by atoms with Crippen LogP contribution in [0.3, 0.4) is 0 Å². The molecule has 0 saturated carbocycles. The van der Waals surface area contributed by atoms with Gasteiger partial charge in [0.05, 0.1) is 23.1 Å². The molecule has 1 amide bonds. The lowest BCUT2D eigenvalue weighted by Gasteiger charge is -2.10. The van der Waals surface area contributed by atoms with Crippen molar-refractivity contribution in [1.29, 1.82) is 0 Å². The highest BCUT2D eigenvalue weighted by atomic mass is 19.2. The van der Waals surface area contributed by atoms with Gasteiger partial charge in [-0.2, -0.15) is 0 Å². The maximum absolute atomic E-state index is 13.5. The Morgan fingerprint density at radius 1 is 1.14 bits per heavy atom. The molecular weight excluding hydrogens is 290 g/mol. The fraction of sp³-hybridized carbons (Fsp3) is 0.0769. The summed E-state index contributed by atoms with van der Waals surface area (Å²) in [5, 5.41) is 1.78. The highest BCUT2D eigenvalue weighted by molar-refractivity contribution is 6.05. The SMILES string of the molecule is Cc1ncc(N)cc1C(=O)Nc1c(F)c(F)cc(F)c1F. The third kappa shape index (κ3) is 2.78. The number of amides is 1. The number of anilines is 2. The maximum Gasteiger partial charge on any atom is 0.257 e. The summed E-state index contributed by atoms with van der Waals surface area (Å²) in [6.45, 7) is 1.47. The monoisotopic (exact) mass is 299 g/mol. The molecule has 0 bridgehead atoms. The second-order valence-corrected chi connectivity index (χ2v) is 4.20. The van der Waals surface area contributed by atoms with Gasteiger partial charge in [-0.3, -0.25) is 9.78 Å². The number of pyridine rings is 1. The molecule has 110 valence electrons. The van der Waals surface area contributed by atoms with E-state index < -0.39 is 34.9 Å². The molecule has 1 aromatic heterocycles. The summed E-state index contributed by atoms with van der Waals surface area (Å²) in [5.41, 5.74) is 4.56. The largest absolute Gasteiger partial charge is 0.397 e. The number of hydrogen-bond donors (Lipinski definition) is 2. The summed E-state index contributed by atoms with van der Waals surface area (Å²) >= 11 is 0. The molecule has 0 atom stereocenters. The molecule has 21 heavy (non-hydrogen) atoms. The van der Waals surface area contributed by atoms with Gasteiger partial charge in [0.15, 0.2) is 23.3 Å². The number of nitrogens with one attached hydrogen (secondary N) is 1. The lowest BCUT2D eigenvalue weighted by atomic mass is 10.1. The summed E-state index contributed by atoms with van der Waals surface area (Å²) in [6, 6.07) is 1.27. The van der Waals surface area contributed by atoms with E-state index >= 15 is 0 Å². The average Bonchev–Trinajstić information content (AvgIpc) is 2.43. The van der Waals surface area contributed by atoms with Crippen molar-refractivity contribution in [2.45, 2.75) is 6.92 Å². The summed E-state index contributed by atoms with van der Waals surface area (Å²) in [4.78, 5) is 15.7. The fourth-order valence-electron chi connectivity index (χ4n) is 1.64. The van der Waals surface area contributed by atoms with E-state index in [2.05, 4.69) is 4.98 Å². The minimum Gasteiger partial charge on any atom is -0.397 e. The molecule has 0 aliphatic rings. The van der Waals surface area contributed by atoms with Crippen LogP contribution in [0.15, 0.2) is 18.3 Å². The van der Waals surface area contributed by atoms with Crippen LogP contribution in [0.25, 0.3) is 0 Å². The van der Waals surface area contributed by atoms with Gasteiger partial charge in [0.25, 0.3) is 5.91 Å². The zero-order valence-corrected chi connectivity index (χ0v) is 10.7. The molecule has 2 aromatic rings. The van der Waals surface area contributed by atoms with Crippen LogP contribution in [-0.4, -0.2) is 10.9 Å².